The Kier molecular flexibility index (Phi) is 5.42. The van der Waals surface area contributed by atoms with Crippen molar-refractivity contribution in [3.8, 4) is 0 Å². The van der Waals surface area contributed by atoms with E-state index < -0.39 is 0 Å². The molecule has 3 N–H and O–H groups in total. The van der Waals surface area contributed by atoms with Gasteiger partial charge in [0, 0.05) is 31.1 Å². The Morgan fingerprint density at radius 3 is 2.68 bits per heavy atom. The number of aryl methyl sites for hydroxylation is 2. The molecule has 0 spiro atoms. The van der Waals surface area contributed by atoms with Crippen LogP contribution in [0.5, 0.6) is 0 Å². The van der Waals surface area contributed by atoms with E-state index in [0.717, 1.165) is 57.9 Å². The molecule has 2 amide bonds. The Balaban J connectivity index is 1.42. The summed E-state index contributed by atoms with van der Waals surface area (Å²) in [7, 11) is 0. The average molecular weight is 382 g/mol. The first-order valence-corrected chi connectivity index (χ1v) is 10.8. The molecule has 1 saturated carbocycles. The van der Waals surface area contributed by atoms with Crippen LogP contribution in [0.3, 0.4) is 0 Å². The van der Waals surface area contributed by atoms with E-state index in [1.165, 1.54) is 28.5 Å². The van der Waals surface area contributed by atoms with Crippen molar-refractivity contribution >= 4 is 22.7 Å². The third kappa shape index (κ3) is 3.43. The van der Waals surface area contributed by atoms with Crippen molar-refractivity contribution in [2.24, 2.45) is 5.73 Å². The van der Waals surface area contributed by atoms with Crippen molar-refractivity contribution in [3.05, 3.63) is 35.5 Å². The summed E-state index contributed by atoms with van der Waals surface area (Å²) in [6, 6.07) is 6.57. The quantitative estimate of drug-likeness (QED) is 0.652. The van der Waals surface area contributed by atoms with E-state index in [9.17, 15) is 9.59 Å². The molecule has 4 rings (SSSR count). The summed E-state index contributed by atoms with van der Waals surface area (Å²) in [5, 5.41) is 4.48. The van der Waals surface area contributed by atoms with Gasteiger partial charge in [0.1, 0.15) is 0 Å². The van der Waals surface area contributed by atoms with Gasteiger partial charge in [0.25, 0.3) is 0 Å². The maximum absolute atomic E-state index is 13.2. The van der Waals surface area contributed by atoms with Crippen LogP contribution in [-0.2, 0) is 28.0 Å². The first-order valence-electron chi connectivity index (χ1n) is 10.8. The molecule has 2 heterocycles. The number of benzene rings is 1. The number of unbranched alkanes of at least 4 members (excludes halogenated alkanes) is 3. The number of para-hydroxylation sites is 1. The molecule has 2 aromatic rings. The molecule has 28 heavy (non-hydrogen) atoms. The topological polar surface area (TPSA) is 77.1 Å². The number of carbonyl (C=O) groups is 2. The summed E-state index contributed by atoms with van der Waals surface area (Å²) in [6.07, 6.45) is 11.8. The highest BCUT2D eigenvalue weighted by atomic mass is 16.2. The summed E-state index contributed by atoms with van der Waals surface area (Å²) in [6.45, 7) is 1.76. The van der Waals surface area contributed by atoms with E-state index in [2.05, 4.69) is 34.3 Å². The normalized spacial score (nSPS) is 17.3. The smallest absolute Gasteiger partial charge is 0.230 e. The number of primary amides is 1. The van der Waals surface area contributed by atoms with Crippen LogP contribution in [0.2, 0.25) is 0 Å². The minimum absolute atomic E-state index is 0.194. The molecule has 5 nitrogen and oxygen atoms in total. The van der Waals surface area contributed by atoms with Crippen LogP contribution in [0.4, 0.5) is 0 Å². The van der Waals surface area contributed by atoms with E-state index in [1.54, 1.807) is 0 Å². The fraction of sp³-hybridized carbons (Fsp3) is 0.565. The lowest BCUT2D eigenvalue weighted by molar-refractivity contribution is -0.129. The number of nitrogens with zero attached hydrogens (tertiary/aromatic N) is 1. The molecule has 0 saturated heterocycles. The van der Waals surface area contributed by atoms with Crippen molar-refractivity contribution in [2.75, 3.05) is 6.54 Å². The van der Waals surface area contributed by atoms with Crippen molar-refractivity contribution in [3.63, 3.8) is 0 Å². The van der Waals surface area contributed by atoms with Gasteiger partial charge in [-0.1, -0.05) is 37.5 Å². The maximum Gasteiger partial charge on any atom is 0.230 e. The molecule has 1 fully saturated rings. The molecule has 1 aromatic heterocycles. The number of rotatable bonds is 9. The Morgan fingerprint density at radius 2 is 1.93 bits per heavy atom. The molecular formula is C23H31N3O2. The molecule has 0 unspecified atom stereocenters. The number of nitrogens with one attached hydrogen (secondary N) is 1. The Morgan fingerprint density at radius 1 is 1.11 bits per heavy atom. The molecule has 5 heteroatoms. The summed E-state index contributed by atoms with van der Waals surface area (Å²) in [5.74, 6) is -0.0360. The van der Waals surface area contributed by atoms with Crippen LogP contribution in [0.1, 0.15) is 68.9 Å². The number of nitrogens with two attached hydrogens (primary N) is 1. The van der Waals surface area contributed by atoms with Crippen LogP contribution in [0, 0.1) is 0 Å². The van der Waals surface area contributed by atoms with E-state index in [-0.39, 0.29) is 17.2 Å². The van der Waals surface area contributed by atoms with Crippen LogP contribution in [0.25, 0.3) is 10.9 Å². The molecule has 150 valence electrons. The number of carbonyl (C=O) groups excluding carboxylic acids is 2. The van der Waals surface area contributed by atoms with Crippen molar-refractivity contribution in [1.82, 2.24) is 9.88 Å². The second-order valence-corrected chi connectivity index (χ2v) is 8.48. The first-order chi connectivity index (χ1) is 13.6. The summed E-state index contributed by atoms with van der Waals surface area (Å²) in [5.41, 5.74) is 8.81. The minimum Gasteiger partial charge on any atom is -0.370 e. The molecule has 2 aliphatic rings. The zero-order valence-corrected chi connectivity index (χ0v) is 16.6. The van der Waals surface area contributed by atoms with E-state index >= 15 is 0 Å². The minimum atomic E-state index is -0.349. The Bertz CT molecular complexity index is 879. The van der Waals surface area contributed by atoms with Gasteiger partial charge in [0.2, 0.25) is 11.8 Å². The Hall–Kier alpha value is -2.30. The van der Waals surface area contributed by atoms with Gasteiger partial charge in [-0.15, -0.1) is 0 Å². The van der Waals surface area contributed by atoms with Gasteiger partial charge in [-0.05, 0) is 49.7 Å². The first kappa shape index (κ1) is 19.0. The monoisotopic (exact) mass is 381 g/mol. The molecule has 1 aromatic carbocycles. The van der Waals surface area contributed by atoms with Crippen LogP contribution >= 0.6 is 0 Å². The molecule has 0 atom stereocenters. The fourth-order valence-corrected chi connectivity index (χ4v) is 4.94. The highest BCUT2D eigenvalue weighted by Crippen LogP contribution is 2.48. The lowest BCUT2D eigenvalue weighted by Gasteiger charge is -2.40. The van der Waals surface area contributed by atoms with Gasteiger partial charge in [0.05, 0.1) is 10.9 Å². The number of hydrogen-bond acceptors (Lipinski definition) is 2. The summed E-state index contributed by atoms with van der Waals surface area (Å²) in [4.78, 5) is 24.0. The zero-order valence-electron chi connectivity index (χ0n) is 16.6. The van der Waals surface area contributed by atoms with Gasteiger partial charge < -0.3 is 15.6 Å². The Labute approximate surface area is 166 Å². The highest BCUT2D eigenvalue weighted by molar-refractivity contribution is 5.97. The number of aromatic nitrogens is 1. The molecular weight excluding hydrogens is 350 g/mol. The maximum atomic E-state index is 13.2. The van der Waals surface area contributed by atoms with Crippen LogP contribution in [-0.4, -0.2) is 22.9 Å². The molecule has 1 aliphatic carbocycles. The molecule has 0 bridgehead atoms. The number of amides is 2. The SMILES string of the molecule is NC(=O)CCCCCCNC(=O)C1(c2cn3c4c(cccc24)CCC3)CCC1. The second-order valence-electron chi connectivity index (χ2n) is 8.48. The largest absolute Gasteiger partial charge is 0.370 e. The lowest BCUT2D eigenvalue weighted by Crippen LogP contribution is -2.49. The average Bonchev–Trinajstić information content (AvgIpc) is 3.01. The highest BCUT2D eigenvalue weighted by Gasteiger charge is 2.47. The van der Waals surface area contributed by atoms with Gasteiger partial charge >= 0.3 is 0 Å². The predicted octanol–water partition coefficient (Wildman–Crippen LogP) is 3.56. The van der Waals surface area contributed by atoms with Crippen LogP contribution in [0.15, 0.2) is 24.4 Å². The van der Waals surface area contributed by atoms with Gasteiger partial charge in [0.15, 0.2) is 0 Å². The third-order valence-corrected chi connectivity index (χ3v) is 6.62. The van der Waals surface area contributed by atoms with Gasteiger partial charge in [-0.25, -0.2) is 0 Å². The fourth-order valence-electron chi connectivity index (χ4n) is 4.94. The van der Waals surface area contributed by atoms with E-state index in [4.69, 9.17) is 5.73 Å². The van der Waals surface area contributed by atoms with Crippen molar-refractivity contribution in [1.29, 1.82) is 0 Å². The second kappa shape index (κ2) is 7.98. The summed E-state index contributed by atoms with van der Waals surface area (Å²) >= 11 is 0. The standard InChI is InChI=1S/C23H31N3O2/c24-20(27)11-3-1-2-4-14-25-22(28)23(12-7-13-23)19-16-26-15-6-9-17-8-5-10-18(19)21(17)26/h5,8,10,16H,1-4,6-7,9,11-15H2,(H2,24,27)(H,25,28). The third-order valence-electron chi connectivity index (χ3n) is 6.62. The van der Waals surface area contributed by atoms with Gasteiger partial charge in [-0.2, -0.15) is 0 Å². The summed E-state index contributed by atoms with van der Waals surface area (Å²) < 4.78 is 2.37. The number of hydrogen-bond donors (Lipinski definition) is 2. The lowest BCUT2D eigenvalue weighted by atomic mass is 9.63. The van der Waals surface area contributed by atoms with Crippen LogP contribution < -0.4 is 11.1 Å². The van der Waals surface area contributed by atoms with Gasteiger partial charge in [-0.3, -0.25) is 9.59 Å². The molecule has 1 aliphatic heterocycles. The van der Waals surface area contributed by atoms with E-state index in [1.807, 2.05) is 0 Å². The van der Waals surface area contributed by atoms with Crippen molar-refractivity contribution in [2.45, 2.75) is 76.2 Å². The molecule has 0 radical (unpaired) electrons. The predicted molar refractivity (Wildman–Crippen MR) is 111 cm³/mol. The van der Waals surface area contributed by atoms with Crippen molar-refractivity contribution < 1.29 is 9.59 Å². The zero-order chi connectivity index (χ0) is 19.6. The van der Waals surface area contributed by atoms with E-state index in [0.29, 0.717) is 13.0 Å².